The normalized spacial score (nSPS) is 13.1. The SMILES string of the molecule is CC[C@@H](C)N(C(=O)CSc1nc2ccccc2c(=O)n1CC(=O)OC)[C@@H](C)CC. The fourth-order valence-electron chi connectivity index (χ4n) is 3.11. The number of aromatic nitrogens is 2. The number of rotatable bonds is 9. The Morgan fingerprint density at radius 2 is 1.79 bits per heavy atom. The fraction of sp³-hybridized carbons (Fsp3) is 0.524. The van der Waals surface area contributed by atoms with Crippen molar-refractivity contribution in [3.8, 4) is 0 Å². The van der Waals surface area contributed by atoms with Crippen molar-refractivity contribution in [2.75, 3.05) is 12.9 Å². The number of carbonyl (C=O) groups is 2. The molecule has 1 aromatic heterocycles. The monoisotopic (exact) mass is 419 g/mol. The summed E-state index contributed by atoms with van der Waals surface area (Å²) in [5.41, 5.74) is 0.214. The van der Waals surface area contributed by atoms with Gasteiger partial charge >= 0.3 is 5.97 Å². The van der Waals surface area contributed by atoms with Gasteiger partial charge in [-0.15, -0.1) is 0 Å². The summed E-state index contributed by atoms with van der Waals surface area (Å²) in [5.74, 6) is -0.412. The molecule has 2 rings (SSSR count). The van der Waals surface area contributed by atoms with Crippen LogP contribution < -0.4 is 5.56 Å². The van der Waals surface area contributed by atoms with Crippen molar-refractivity contribution in [2.45, 2.75) is 64.3 Å². The molecule has 0 fully saturated rings. The third-order valence-corrected chi connectivity index (χ3v) is 6.05. The van der Waals surface area contributed by atoms with E-state index in [0.717, 1.165) is 12.8 Å². The molecule has 0 N–H and O–H groups in total. The van der Waals surface area contributed by atoms with E-state index in [1.165, 1.54) is 23.4 Å². The van der Waals surface area contributed by atoms with Crippen LogP contribution in [0.4, 0.5) is 0 Å². The molecule has 0 aliphatic rings. The van der Waals surface area contributed by atoms with E-state index in [1.807, 2.05) is 18.7 Å². The number of ether oxygens (including phenoxy) is 1. The molecule has 1 heterocycles. The first-order valence-corrected chi connectivity index (χ1v) is 10.8. The maximum Gasteiger partial charge on any atom is 0.325 e. The Morgan fingerprint density at radius 1 is 1.17 bits per heavy atom. The van der Waals surface area contributed by atoms with Crippen LogP contribution in [-0.2, 0) is 20.9 Å². The molecule has 0 bridgehead atoms. The lowest BCUT2D eigenvalue weighted by Gasteiger charge is -2.34. The van der Waals surface area contributed by atoms with Crippen molar-refractivity contribution in [1.82, 2.24) is 14.5 Å². The second kappa shape index (κ2) is 10.4. The van der Waals surface area contributed by atoms with E-state index in [9.17, 15) is 14.4 Å². The molecule has 2 atom stereocenters. The molecular formula is C21H29N3O4S. The van der Waals surface area contributed by atoms with E-state index in [2.05, 4.69) is 18.8 Å². The highest BCUT2D eigenvalue weighted by Crippen LogP contribution is 2.21. The summed E-state index contributed by atoms with van der Waals surface area (Å²) in [6, 6.07) is 7.22. The number of esters is 1. The van der Waals surface area contributed by atoms with Gasteiger partial charge < -0.3 is 9.64 Å². The van der Waals surface area contributed by atoms with Gasteiger partial charge in [0.05, 0.1) is 23.8 Å². The number of fused-ring (bicyclic) bond motifs is 1. The molecule has 0 aliphatic carbocycles. The van der Waals surface area contributed by atoms with Gasteiger partial charge in [-0.2, -0.15) is 0 Å². The summed E-state index contributed by atoms with van der Waals surface area (Å²) in [6.07, 6.45) is 1.73. The van der Waals surface area contributed by atoms with Crippen molar-refractivity contribution in [1.29, 1.82) is 0 Å². The third-order valence-electron chi connectivity index (χ3n) is 5.09. The lowest BCUT2D eigenvalue weighted by atomic mass is 10.1. The Bertz CT molecular complexity index is 918. The van der Waals surface area contributed by atoms with Crippen LogP contribution in [0.2, 0.25) is 0 Å². The highest BCUT2D eigenvalue weighted by Gasteiger charge is 2.24. The minimum absolute atomic E-state index is 0.00859. The molecule has 7 nitrogen and oxygen atoms in total. The lowest BCUT2D eigenvalue weighted by molar-refractivity contribution is -0.141. The molecule has 158 valence electrons. The quantitative estimate of drug-likeness (QED) is 0.353. The summed E-state index contributed by atoms with van der Waals surface area (Å²) in [6.45, 7) is 7.94. The van der Waals surface area contributed by atoms with Crippen LogP contribution in [-0.4, -0.2) is 51.3 Å². The molecule has 8 heteroatoms. The molecule has 1 amide bonds. The molecule has 1 aromatic carbocycles. The highest BCUT2D eigenvalue weighted by atomic mass is 32.2. The van der Waals surface area contributed by atoms with E-state index in [-0.39, 0.29) is 35.8 Å². The predicted molar refractivity (Wildman–Crippen MR) is 115 cm³/mol. The minimum Gasteiger partial charge on any atom is -0.468 e. The Hall–Kier alpha value is -2.35. The highest BCUT2D eigenvalue weighted by molar-refractivity contribution is 7.99. The molecular weight excluding hydrogens is 390 g/mol. The Labute approximate surface area is 175 Å². The van der Waals surface area contributed by atoms with Gasteiger partial charge in [0, 0.05) is 12.1 Å². The Morgan fingerprint density at radius 3 is 2.38 bits per heavy atom. The van der Waals surface area contributed by atoms with Gasteiger partial charge in [-0.05, 0) is 38.8 Å². The molecule has 0 saturated heterocycles. The maximum absolute atomic E-state index is 13.0. The van der Waals surface area contributed by atoms with Gasteiger partial charge in [-0.3, -0.25) is 19.0 Å². The number of benzene rings is 1. The summed E-state index contributed by atoms with van der Waals surface area (Å²) in [5, 5.41) is 0.758. The number of thioether (sulfide) groups is 1. The zero-order valence-electron chi connectivity index (χ0n) is 17.7. The first kappa shape index (κ1) is 22.9. The smallest absolute Gasteiger partial charge is 0.325 e. The predicted octanol–water partition coefficient (Wildman–Crippen LogP) is 3.09. The molecule has 0 aliphatic heterocycles. The van der Waals surface area contributed by atoms with Crippen molar-refractivity contribution in [2.24, 2.45) is 0 Å². The molecule has 0 spiro atoms. The summed E-state index contributed by atoms with van der Waals surface area (Å²) >= 11 is 1.17. The van der Waals surface area contributed by atoms with Crippen LogP contribution in [0.5, 0.6) is 0 Å². The number of carbonyl (C=O) groups excluding carboxylic acids is 2. The maximum atomic E-state index is 13.0. The van der Waals surface area contributed by atoms with Crippen LogP contribution in [0.1, 0.15) is 40.5 Å². The standard InChI is InChI=1S/C21H29N3O4S/c1-6-14(3)24(15(4)7-2)18(25)13-29-21-22-17-11-9-8-10-16(17)20(27)23(21)12-19(26)28-5/h8-11,14-15H,6-7,12-13H2,1-5H3/t14-,15+. The van der Waals surface area contributed by atoms with Crippen LogP contribution in [0.15, 0.2) is 34.2 Å². The average Bonchev–Trinajstić information content (AvgIpc) is 2.73. The minimum atomic E-state index is -0.543. The van der Waals surface area contributed by atoms with Gasteiger partial charge in [-0.1, -0.05) is 37.7 Å². The van der Waals surface area contributed by atoms with Gasteiger partial charge in [-0.25, -0.2) is 4.98 Å². The van der Waals surface area contributed by atoms with E-state index < -0.39 is 5.97 Å². The van der Waals surface area contributed by atoms with Crippen molar-refractivity contribution in [3.05, 3.63) is 34.6 Å². The number of amides is 1. The zero-order chi connectivity index (χ0) is 21.6. The third kappa shape index (κ3) is 5.38. The molecule has 0 radical (unpaired) electrons. The largest absolute Gasteiger partial charge is 0.468 e. The van der Waals surface area contributed by atoms with Gasteiger partial charge in [0.25, 0.3) is 5.56 Å². The second-order valence-electron chi connectivity index (χ2n) is 6.98. The van der Waals surface area contributed by atoms with Crippen molar-refractivity contribution >= 4 is 34.5 Å². The van der Waals surface area contributed by atoms with Gasteiger partial charge in [0.1, 0.15) is 6.54 Å². The summed E-state index contributed by atoms with van der Waals surface area (Å²) < 4.78 is 6.00. The fourth-order valence-corrected chi connectivity index (χ4v) is 3.98. The van der Waals surface area contributed by atoms with Gasteiger partial charge in [0.2, 0.25) is 5.91 Å². The van der Waals surface area contributed by atoms with Crippen LogP contribution >= 0.6 is 11.8 Å². The molecule has 0 saturated carbocycles. The second-order valence-corrected chi connectivity index (χ2v) is 7.93. The number of hydrogen-bond acceptors (Lipinski definition) is 6. The van der Waals surface area contributed by atoms with Crippen molar-refractivity contribution in [3.63, 3.8) is 0 Å². The lowest BCUT2D eigenvalue weighted by Crippen LogP contribution is -2.45. The van der Waals surface area contributed by atoms with E-state index in [0.29, 0.717) is 16.1 Å². The van der Waals surface area contributed by atoms with Crippen LogP contribution in [0.25, 0.3) is 10.9 Å². The van der Waals surface area contributed by atoms with Crippen LogP contribution in [0, 0.1) is 0 Å². The summed E-state index contributed by atoms with van der Waals surface area (Å²) in [4.78, 5) is 44.1. The molecule has 0 unspecified atom stereocenters. The van der Waals surface area contributed by atoms with E-state index >= 15 is 0 Å². The Balaban J connectivity index is 2.36. The zero-order valence-corrected chi connectivity index (χ0v) is 18.5. The number of nitrogens with zero attached hydrogens (tertiary/aromatic N) is 3. The van der Waals surface area contributed by atoms with E-state index in [1.54, 1.807) is 24.3 Å². The van der Waals surface area contributed by atoms with Crippen LogP contribution in [0.3, 0.4) is 0 Å². The molecule has 29 heavy (non-hydrogen) atoms. The topological polar surface area (TPSA) is 81.5 Å². The molecule has 2 aromatic rings. The average molecular weight is 420 g/mol. The number of para-hydroxylation sites is 1. The van der Waals surface area contributed by atoms with E-state index in [4.69, 9.17) is 4.74 Å². The van der Waals surface area contributed by atoms with Gasteiger partial charge in [0.15, 0.2) is 5.16 Å². The summed E-state index contributed by atoms with van der Waals surface area (Å²) in [7, 11) is 1.27. The van der Waals surface area contributed by atoms with Crippen molar-refractivity contribution < 1.29 is 14.3 Å². The number of methoxy groups -OCH3 is 1. The first-order valence-electron chi connectivity index (χ1n) is 9.84. The first-order chi connectivity index (χ1) is 13.8. The number of hydrogen-bond donors (Lipinski definition) is 0. The Kier molecular flexibility index (Phi) is 8.25.